The van der Waals surface area contributed by atoms with Gasteiger partial charge in [0.05, 0.1) is 18.0 Å². The standard InChI is InChI=1S/C27H27N3O3/c28-16-18-5-3-7-19(13-18)20-11-12-25-23(14-20)24(29-30(25)22-8-4-9-22)17-33-26-10-2-1-6-21(26)15-27(31)32/h1-3,5-7,10-14,22H,4,8-9,15-17,28H2,(H,31,32). The van der Waals surface area contributed by atoms with Crippen LogP contribution >= 0.6 is 0 Å². The van der Waals surface area contributed by atoms with Crippen LogP contribution in [0.5, 0.6) is 5.75 Å². The molecule has 0 unspecified atom stereocenters. The first-order valence-corrected chi connectivity index (χ1v) is 11.4. The Kier molecular flexibility index (Phi) is 5.84. The van der Waals surface area contributed by atoms with E-state index in [1.54, 1.807) is 6.07 Å². The molecule has 1 saturated carbocycles. The topological polar surface area (TPSA) is 90.4 Å². The molecule has 0 bridgehead atoms. The molecule has 0 saturated heterocycles. The summed E-state index contributed by atoms with van der Waals surface area (Å²) in [5.74, 6) is -0.298. The Balaban J connectivity index is 1.51. The molecule has 4 aromatic rings. The fourth-order valence-electron chi connectivity index (χ4n) is 4.38. The normalized spacial score (nSPS) is 13.7. The monoisotopic (exact) mass is 441 g/mol. The Morgan fingerprint density at radius 3 is 2.64 bits per heavy atom. The highest BCUT2D eigenvalue weighted by atomic mass is 16.5. The van der Waals surface area contributed by atoms with Crippen molar-refractivity contribution < 1.29 is 14.6 Å². The summed E-state index contributed by atoms with van der Waals surface area (Å²) in [6, 6.07) is 22.4. The molecule has 0 spiro atoms. The van der Waals surface area contributed by atoms with Gasteiger partial charge in [0.1, 0.15) is 18.1 Å². The smallest absolute Gasteiger partial charge is 0.307 e. The lowest BCUT2D eigenvalue weighted by Crippen LogP contribution is -2.18. The summed E-state index contributed by atoms with van der Waals surface area (Å²) in [5, 5.41) is 15.2. The number of fused-ring (bicyclic) bond motifs is 1. The molecule has 0 radical (unpaired) electrons. The van der Waals surface area contributed by atoms with Crippen molar-refractivity contribution in [3.8, 4) is 16.9 Å². The lowest BCUT2D eigenvalue weighted by Gasteiger charge is -2.26. The number of aliphatic carboxylic acids is 1. The predicted molar refractivity (Wildman–Crippen MR) is 128 cm³/mol. The molecule has 1 heterocycles. The quantitative estimate of drug-likeness (QED) is 0.397. The van der Waals surface area contributed by atoms with Crippen molar-refractivity contribution in [3.63, 3.8) is 0 Å². The Morgan fingerprint density at radius 2 is 1.88 bits per heavy atom. The molecule has 168 valence electrons. The van der Waals surface area contributed by atoms with Crippen molar-refractivity contribution in [1.29, 1.82) is 0 Å². The lowest BCUT2D eigenvalue weighted by molar-refractivity contribution is -0.136. The van der Waals surface area contributed by atoms with Gasteiger partial charge in [0.15, 0.2) is 0 Å². The van der Waals surface area contributed by atoms with E-state index in [2.05, 4.69) is 35.0 Å². The largest absolute Gasteiger partial charge is 0.487 e. The second kappa shape index (κ2) is 9.08. The molecule has 0 amide bonds. The summed E-state index contributed by atoms with van der Waals surface area (Å²) in [4.78, 5) is 11.2. The first kappa shape index (κ1) is 21.2. The van der Waals surface area contributed by atoms with Crippen molar-refractivity contribution in [2.45, 2.75) is 44.9 Å². The minimum Gasteiger partial charge on any atom is -0.487 e. The number of hydrogen-bond donors (Lipinski definition) is 2. The van der Waals surface area contributed by atoms with Crippen molar-refractivity contribution in [1.82, 2.24) is 9.78 Å². The molecule has 1 aliphatic rings. The van der Waals surface area contributed by atoms with E-state index >= 15 is 0 Å². The molecular formula is C27H27N3O3. The average Bonchev–Trinajstić information content (AvgIpc) is 3.14. The highest BCUT2D eigenvalue weighted by Gasteiger charge is 2.24. The van der Waals surface area contributed by atoms with Crippen LogP contribution in [0.4, 0.5) is 0 Å². The van der Waals surface area contributed by atoms with E-state index in [4.69, 9.17) is 15.6 Å². The number of hydrogen-bond acceptors (Lipinski definition) is 4. The third kappa shape index (κ3) is 4.34. The molecule has 0 atom stereocenters. The maximum Gasteiger partial charge on any atom is 0.307 e. The Labute approximate surface area is 192 Å². The fourth-order valence-corrected chi connectivity index (χ4v) is 4.38. The predicted octanol–water partition coefficient (Wildman–Crippen LogP) is 5.09. The summed E-state index contributed by atoms with van der Waals surface area (Å²) in [7, 11) is 0. The van der Waals surface area contributed by atoms with Crippen LogP contribution < -0.4 is 10.5 Å². The van der Waals surface area contributed by atoms with Gasteiger partial charge in [-0.1, -0.05) is 42.5 Å². The SMILES string of the molecule is NCc1cccc(-c2ccc3c(c2)c(COc2ccccc2CC(=O)O)nn3C2CCC2)c1. The number of carboxylic acids is 1. The minimum atomic E-state index is -0.880. The Morgan fingerprint density at radius 1 is 1.06 bits per heavy atom. The number of nitrogens with two attached hydrogens (primary N) is 1. The summed E-state index contributed by atoms with van der Waals surface area (Å²) >= 11 is 0. The van der Waals surface area contributed by atoms with Crippen molar-refractivity contribution >= 4 is 16.9 Å². The van der Waals surface area contributed by atoms with Gasteiger partial charge < -0.3 is 15.6 Å². The van der Waals surface area contributed by atoms with Gasteiger partial charge in [-0.25, -0.2) is 0 Å². The van der Waals surface area contributed by atoms with Crippen molar-refractivity contribution in [2.75, 3.05) is 0 Å². The van der Waals surface area contributed by atoms with Gasteiger partial charge in [-0.05, 0) is 60.2 Å². The van der Waals surface area contributed by atoms with E-state index < -0.39 is 5.97 Å². The molecule has 6 nitrogen and oxygen atoms in total. The number of rotatable bonds is 8. The zero-order valence-corrected chi connectivity index (χ0v) is 18.4. The maximum atomic E-state index is 11.2. The average molecular weight is 442 g/mol. The van der Waals surface area contributed by atoms with E-state index in [0.717, 1.165) is 46.1 Å². The minimum absolute atomic E-state index is 0.0743. The molecule has 5 rings (SSSR count). The van der Waals surface area contributed by atoms with Crippen molar-refractivity contribution in [3.05, 3.63) is 83.6 Å². The lowest BCUT2D eigenvalue weighted by atomic mass is 9.93. The third-order valence-electron chi connectivity index (χ3n) is 6.38. The van der Waals surface area contributed by atoms with Gasteiger partial charge in [0.25, 0.3) is 0 Å². The highest BCUT2D eigenvalue weighted by molar-refractivity contribution is 5.87. The summed E-state index contributed by atoms with van der Waals surface area (Å²) in [6.07, 6.45) is 3.43. The summed E-state index contributed by atoms with van der Waals surface area (Å²) < 4.78 is 8.24. The number of benzene rings is 3. The number of para-hydroxylation sites is 1. The number of aromatic nitrogens is 2. The first-order chi connectivity index (χ1) is 16.1. The second-order valence-corrected chi connectivity index (χ2v) is 8.58. The molecule has 1 fully saturated rings. The molecule has 0 aliphatic heterocycles. The van der Waals surface area contributed by atoms with Gasteiger partial charge >= 0.3 is 5.97 Å². The van der Waals surface area contributed by atoms with Crippen molar-refractivity contribution in [2.24, 2.45) is 5.73 Å². The van der Waals surface area contributed by atoms with Crippen LogP contribution in [0.1, 0.15) is 42.1 Å². The van der Waals surface area contributed by atoms with Crippen LogP contribution in [-0.4, -0.2) is 20.9 Å². The van der Waals surface area contributed by atoms with Crippen LogP contribution in [0.25, 0.3) is 22.0 Å². The van der Waals surface area contributed by atoms with Crippen LogP contribution in [0.2, 0.25) is 0 Å². The second-order valence-electron chi connectivity index (χ2n) is 8.58. The Bertz CT molecular complexity index is 1310. The van der Waals surface area contributed by atoms with Gasteiger partial charge in [0.2, 0.25) is 0 Å². The molecule has 6 heteroatoms. The molecule has 33 heavy (non-hydrogen) atoms. The van der Waals surface area contributed by atoms with E-state index in [1.807, 2.05) is 30.3 Å². The summed E-state index contributed by atoms with van der Waals surface area (Å²) in [5.41, 5.74) is 11.8. The fraction of sp³-hybridized carbons (Fsp3) is 0.259. The van der Waals surface area contributed by atoms with Crippen LogP contribution in [-0.2, 0) is 24.4 Å². The third-order valence-corrected chi connectivity index (χ3v) is 6.38. The molecule has 3 N–H and O–H groups in total. The van der Waals surface area contributed by atoms with Gasteiger partial charge in [0, 0.05) is 17.5 Å². The number of carboxylic acid groups (broad SMARTS) is 1. The van der Waals surface area contributed by atoms with Gasteiger partial charge in [-0.15, -0.1) is 0 Å². The van der Waals surface area contributed by atoms with Crippen LogP contribution in [0, 0.1) is 0 Å². The summed E-state index contributed by atoms with van der Waals surface area (Å²) in [6.45, 7) is 0.781. The molecule has 1 aliphatic carbocycles. The highest BCUT2D eigenvalue weighted by Crippen LogP contribution is 2.36. The van der Waals surface area contributed by atoms with Crippen LogP contribution in [0.15, 0.2) is 66.7 Å². The first-order valence-electron chi connectivity index (χ1n) is 11.4. The van der Waals surface area contributed by atoms with E-state index in [-0.39, 0.29) is 13.0 Å². The van der Waals surface area contributed by atoms with E-state index in [9.17, 15) is 9.90 Å². The number of nitrogens with zero attached hydrogens (tertiary/aromatic N) is 2. The Hall–Kier alpha value is -3.64. The zero-order valence-electron chi connectivity index (χ0n) is 18.4. The number of carbonyl (C=O) groups is 1. The van der Waals surface area contributed by atoms with E-state index in [1.165, 1.54) is 6.42 Å². The van der Waals surface area contributed by atoms with Gasteiger partial charge in [-0.3, -0.25) is 9.48 Å². The molecular weight excluding hydrogens is 414 g/mol. The molecule has 3 aromatic carbocycles. The van der Waals surface area contributed by atoms with Gasteiger partial charge in [-0.2, -0.15) is 5.10 Å². The van der Waals surface area contributed by atoms with E-state index in [0.29, 0.717) is 23.9 Å². The zero-order chi connectivity index (χ0) is 22.8. The number of ether oxygens (including phenoxy) is 1. The maximum absolute atomic E-state index is 11.2. The van der Waals surface area contributed by atoms with Crippen LogP contribution in [0.3, 0.4) is 0 Å². The molecule has 1 aromatic heterocycles.